The smallest absolute Gasteiger partial charge is 0.134 e. The van der Waals surface area contributed by atoms with Crippen LogP contribution in [0.3, 0.4) is 0 Å². The standard InChI is InChI=1S/C54H42N2OS/c1-2-11-38(12-3-1)56-48-17-7-4-13-43(48)44-31-30-41(34-49(44)56)55(39-26-21-35(22-27-39)37-25-32-51-47(33-37)45-14-5-8-18-50(45)57-51)40-28-23-36(24-29-40)42-16-10-20-53-54(42)46-15-6-9-19-52(46)58-53/h1-7,10-17,20-28,30-34,40,44,49H,8-9,18-19,29H2. The van der Waals surface area contributed by atoms with Crippen LogP contribution in [0.2, 0.25) is 0 Å². The quantitative estimate of drug-likeness (QED) is 0.168. The predicted molar refractivity (Wildman–Crippen MR) is 245 cm³/mol. The second-order valence-corrected chi connectivity index (χ2v) is 17.3. The predicted octanol–water partition coefficient (Wildman–Crippen LogP) is 14.2. The van der Waals surface area contributed by atoms with Gasteiger partial charge in [0.1, 0.15) is 11.3 Å². The zero-order chi connectivity index (χ0) is 38.2. The van der Waals surface area contributed by atoms with Crippen molar-refractivity contribution in [2.45, 2.75) is 50.1 Å². The first-order chi connectivity index (χ1) is 28.7. The second kappa shape index (κ2) is 13.6. The largest absolute Gasteiger partial charge is 0.460 e. The van der Waals surface area contributed by atoms with Gasteiger partial charge in [0.2, 0.25) is 0 Å². The fourth-order valence-corrected chi connectivity index (χ4v) is 11.3. The molecule has 0 bridgehead atoms. The Kier molecular flexibility index (Phi) is 7.94. The summed E-state index contributed by atoms with van der Waals surface area (Å²) in [6, 6.07) is 42.9. The Bertz CT molecular complexity index is 2950. The molecule has 2 aromatic heterocycles. The van der Waals surface area contributed by atoms with Crippen molar-refractivity contribution in [2.24, 2.45) is 0 Å². The van der Waals surface area contributed by atoms with E-state index in [2.05, 4.69) is 186 Å². The van der Waals surface area contributed by atoms with Crippen LogP contribution in [-0.2, 0) is 12.8 Å². The number of allylic oxidation sites excluding steroid dienone is 5. The van der Waals surface area contributed by atoms with Gasteiger partial charge in [-0.25, -0.2) is 0 Å². The molecule has 0 amide bonds. The Hall–Kier alpha value is -6.36. The first-order valence-electron chi connectivity index (χ1n) is 20.8. The molecule has 3 heterocycles. The highest BCUT2D eigenvalue weighted by molar-refractivity contribution is 7.19. The molecule has 3 unspecified atom stereocenters. The minimum atomic E-state index is 0.145. The number of thiophene rings is 1. The zero-order valence-electron chi connectivity index (χ0n) is 32.2. The van der Waals surface area contributed by atoms with Gasteiger partial charge in [-0.3, -0.25) is 0 Å². The van der Waals surface area contributed by atoms with Crippen molar-refractivity contribution in [2.75, 3.05) is 9.80 Å². The Balaban J connectivity index is 0.931. The minimum absolute atomic E-state index is 0.145. The van der Waals surface area contributed by atoms with Crippen LogP contribution in [-0.4, -0.2) is 12.1 Å². The van der Waals surface area contributed by atoms with Crippen molar-refractivity contribution < 1.29 is 4.42 Å². The van der Waals surface area contributed by atoms with Gasteiger partial charge in [-0.1, -0.05) is 115 Å². The highest BCUT2D eigenvalue weighted by atomic mass is 32.1. The summed E-state index contributed by atoms with van der Waals surface area (Å²) in [4.78, 5) is 6.63. The van der Waals surface area contributed by atoms with Crippen LogP contribution in [0.15, 0.2) is 174 Å². The number of hydrogen-bond donors (Lipinski definition) is 0. The van der Waals surface area contributed by atoms with E-state index in [4.69, 9.17) is 4.42 Å². The molecule has 0 N–H and O–H groups in total. The fourth-order valence-electron chi connectivity index (χ4n) is 10.1. The van der Waals surface area contributed by atoms with E-state index in [0.717, 1.165) is 43.4 Å². The van der Waals surface area contributed by atoms with E-state index in [1.165, 1.54) is 82.1 Å². The summed E-state index contributed by atoms with van der Waals surface area (Å²) in [5, 5.41) is 2.61. The van der Waals surface area contributed by atoms with Gasteiger partial charge < -0.3 is 14.2 Å². The number of hydrogen-bond acceptors (Lipinski definition) is 4. The molecule has 0 fully saturated rings. The van der Waals surface area contributed by atoms with Crippen LogP contribution in [0.5, 0.6) is 0 Å². The maximum atomic E-state index is 6.24. The van der Waals surface area contributed by atoms with Crippen LogP contribution in [0.4, 0.5) is 17.1 Å². The highest BCUT2D eigenvalue weighted by Gasteiger charge is 2.39. The molecular formula is C54H42N2OS. The van der Waals surface area contributed by atoms with Crippen LogP contribution in [0.1, 0.15) is 58.1 Å². The lowest BCUT2D eigenvalue weighted by Gasteiger charge is -2.37. The molecule has 58 heavy (non-hydrogen) atoms. The van der Waals surface area contributed by atoms with Gasteiger partial charge >= 0.3 is 0 Å². The average molecular weight is 767 g/mol. The number of fused-ring (bicyclic) bond motifs is 9. The molecule has 3 atom stereocenters. The van der Waals surface area contributed by atoms with Crippen LogP contribution >= 0.6 is 11.3 Å². The van der Waals surface area contributed by atoms with E-state index >= 15 is 0 Å². The molecule has 3 nitrogen and oxygen atoms in total. The molecule has 0 saturated heterocycles. The van der Waals surface area contributed by atoms with Crippen molar-refractivity contribution in [1.29, 1.82) is 0 Å². The molecule has 5 aromatic carbocycles. The van der Waals surface area contributed by atoms with Crippen LogP contribution < -0.4 is 9.80 Å². The maximum Gasteiger partial charge on any atom is 0.134 e. The fraction of sp³-hybridized carbons (Fsp3) is 0.148. The van der Waals surface area contributed by atoms with E-state index in [1.807, 2.05) is 11.3 Å². The van der Waals surface area contributed by atoms with Gasteiger partial charge in [0.25, 0.3) is 0 Å². The number of para-hydroxylation sites is 2. The van der Waals surface area contributed by atoms with Crippen molar-refractivity contribution in [3.63, 3.8) is 0 Å². The number of furan rings is 1. The third-order valence-corrected chi connectivity index (χ3v) is 14.1. The van der Waals surface area contributed by atoms with E-state index in [0.29, 0.717) is 0 Å². The van der Waals surface area contributed by atoms with Crippen LogP contribution in [0.25, 0.3) is 49.9 Å². The number of benzene rings is 5. The van der Waals surface area contributed by atoms with Gasteiger partial charge in [0.05, 0.1) is 12.1 Å². The van der Waals surface area contributed by atoms with Gasteiger partial charge in [-0.2, -0.15) is 0 Å². The second-order valence-electron chi connectivity index (χ2n) is 16.1. The Morgan fingerprint density at radius 1 is 0.707 bits per heavy atom. The van der Waals surface area contributed by atoms with Crippen LogP contribution in [0, 0.1) is 0 Å². The topological polar surface area (TPSA) is 19.6 Å². The molecule has 4 heteroatoms. The summed E-state index contributed by atoms with van der Waals surface area (Å²) in [6.07, 6.45) is 29.0. The lowest BCUT2D eigenvalue weighted by molar-refractivity contribution is 0.546. The number of aryl methyl sites for hydroxylation is 2. The minimum Gasteiger partial charge on any atom is -0.460 e. The Morgan fingerprint density at radius 3 is 2.41 bits per heavy atom. The molecule has 1 aliphatic heterocycles. The van der Waals surface area contributed by atoms with Crippen molar-refractivity contribution >= 4 is 67.2 Å². The van der Waals surface area contributed by atoms with Crippen molar-refractivity contribution in [3.05, 3.63) is 202 Å². The summed E-state index contributed by atoms with van der Waals surface area (Å²) in [6.45, 7) is 0. The summed E-state index contributed by atoms with van der Waals surface area (Å²) in [7, 11) is 0. The molecule has 5 aliphatic rings. The van der Waals surface area contributed by atoms with E-state index in [1.54, 1.807) is 0 Å². The number of rotatable bonds is 6. The van der Waals surface area contributed by atoms with Gasteiger partial charge in [-0.05, 0) is 120 Å². The zero-order valence-corrected chi connectivity index (χ0v) is 33.0. The van der Waals surface area contributed by atoms with E-state index in [-0.39, 0.29) is 18.0 Å². The number of anilines is 3. The molecule has 0 saturated carbocycles. The SMILES string of the molecule is C1=Cc2c(oc3ccc(-c4ccc(N(C5=CC6C(C=C5)c5ccccc5N6c5ccccc5)C5C=CC(c6cccc7sc8c(c67)C=CCC8)=CC5)cc4)cc23)CC1. The van der Waals surface area contributed by atoms with E-state index < -0.39 is 0 Å². The lowest BCUT2D eigenvalue weighted by atomic mass is 9.88. The summed E-state index contributed by atoms with van der Waals surface area (Å²) in [5.41, 5.74) is 15.0. The first-order valence-corrected chi connectivity index (χ1v) is 21.6. The molecule has 280 valence electrons. The maximum absolute atomic E-state index is 6.24. The third kappa shape index (κ3) is 5.46. The summed E-state index contributed by atoms with van der Waals surface area (Å²) in [5.74, 6) is 1.39. The molecule has 7 aromatic rings. The summed E-state index contributed by atoms with van der Waals surface area (Å²) >= 11 is 1.97. The molecule has 4 aliphatic carbocycles. The van der Waals surface area contributed by atoms with Gasteiger partial charge in [0, 0.05) is 61.0 Å². The van der Waals surface area contributed by atoms with Crippen molar-refractivity contribution in [1.82, 2.24) is 0 Å². The molecule has 12 rings (SSSR count). The molecule has 0 radical (unpaired) electrons. The van der Waals surface area contributed by atoms with Gasteiger partial charge in [0.15, 0.2) is 0 Å². The average Bonchev–Trinajstić information content (AvgIpc) is 3.96. The Labute approximate surface area is 343 Å². The van der Waals surface area contributed by atoms with Crippen molar-refractivity contribution in [3.8, 4) is 11.1 Å². The normalized spacial score (nSPS) is 20.1. The lowest BCUT2D eigenvalue weighted by Crippen LogP contribution is -2.37. The van der Waals surface area contributed by atoms with E-state index in [9.17, 15) is 0 Å². The first kappa shape index (κ1) is 33.7. The molecule has 0 spiro atoms. The highest BCUT2D eigenvalue weighted by Crippen LogP contribution is 2.49. The molecular weight excluding hydrogens is 725 g/mol. The third-order valence-electron chi connectivity index (χ3n) is 12.8. The number of nitrogens with zero attached hydrogens (tertiary/aromatic N) is 2. The van der Waals surface area contributed by atoms with Gasteiger partial charge in [-0.15, -0.1) is 11.3 Å². The summed E-state index contributed by atoms with van der Waals surface area (Å²) < 4.78 is 7.63. The monoisotopic (exact) mass is 766 g/mol. The Morgan fingerprint density at radius 2 is 1.53 bits per heavy atom.